The molecule has 0 bridgehead atoms. The van der Waals surface area contributed by atoms with Gasteiger partial charge in [-0.25, -0.2) is 9.97 Å². The molecular weight excluding hydrogens is 342 g/mol. The van der Waals surface area contributed by atoms with Crippen molar-refractivity contribution in [2.75, 3.05) is 0 Å². The first-order chi connectivity index (χ1) is 11.6. The summed E-state index contributed by atoms with van der Waals surface area (Å²) in [5, 5.41) is 6.23. The van der Waals surface area contributed by atoms with Crippen molar-refractivity contribution in [3.05, 3.63) is 39.8 Å². The number of aromatic nitrogens is 2. The smallest absolute Gasteiger partial charge is 0.270 e. The highest BCUT2D eigenvalue weighted by atomic mass is 32.2. The molecule has 2 aromatic heterocycles. The molecule has 24 heavy (non-hydrogen) atoms. The van der Waals surface area contributed by atoms with Crippen LogP contribution in [0.3, 0.4) is 0 Å². The summed E-state index contributed by atoms with van der Waals surface area (Å²) in [6.45, 7) is 6.04. The number of rotatable bonds is 6. The number of fused-ring (bicyclic) bond motifs is 1. The predicted molar refractivity (Wildman–Crippen MR) is 97.6 cm³/mol. The van der Waals surface area contributed by atoms with Gasteiger partial charge in [-0.1, -0.05) is 30.8 Å². The fraction of sp³-hybridized carbons (Fsp3) is 0.353. The molecule has 3 rings (SSSR count). The minimum Gasteiger partial charge on any atom is -0.431 e. The van der Waals surface area contributed by atoms with Gasteiger partial charge in [-0.15, -0.1) is 11.3 Å². The van der Waals surface area contributed by atoms with Gasteiger partial charge < -0.3 is 9.73 Å². The molecule has 1 atom stereocenters. The number of amides is 1. The Morgan fingerprint density at radius 3 is 3.00 bits per heavy atom. The summed E-state index contributed by atoms with van der Waals surface area (Å²) in [6.07, 6.45) is 0.899. The SMILES string of the molecule is CC[C@@H](C)NC(=O)c1csc(CSc2nc3c(C)cccc3o2)n1. The Balaban J connectivity index is 1.64. The number of hydrogen-bond donors (Lipinski definition) is 1. The molecule has 5 nitrogen and oxygen atoms in total. The second kappa shape index (κ2) is 7.36. The molecule has 0 spiro atoms. The zero-order valence-corrected chi connectivity index (χ0v) is 15.5. The third kappa shape index (κ3) is 3.79. The topological polar surface area (TPSA) is 68.0 Å². The number of oxazole rings is 1. The van der Waals surface area contributed by atoms with Gasteiger partial charge in [0.25, 0.3) is 11.1 Å². The van der Waals surface area contributed by atoms with E-state index in [-0.39, 0.29) is 11.9 Å². The molecule has 0 fully saturated rings. The van der Waals surface area contributed by atoms with E-state index in [0.717, 1.165) is 28.1 Å². The Kier molecular flexibility index (Phi) is 5.20. The number of aryl methyl sites for hydroxylation is 1. The number of para-hydroxylation sites is 1. The first-order valence-corrected chi connectivity index (χ1v) is 9.67. The fourth-order valence-corrected chi connectivity index (χ4v) is 3.76. The van der Waals surface area contributed by atoms with E-state index in [0.29, 0.717) is 16.7 Å². The van der Waals surface area contributed by atoms with Crippen molar-refractivity contribution in [3.63, 3.8) is 0 Å². The van der Waals surface area contributed by atoms with E-state index < -0.39 is 0 Å². The van der Waals surface area contributed by atoms with E-state index in [9.17, 15) is 4.79 Å². The van der Waals surface area contributed by atoms with Crippen LogP contribution in [0.25, 0.3) is 11.1 Å². The normalized spacial score (nSPS) is 12.5. The van der Waals surface area contributed by atoms with E-state index in [2.05, 4.69) is 15.3 Å². The van der Waals surface area contributed by atoms with E-state index in [1.54, 1.807) is 5.38 Å². The standard InChI is InChI=1S/C17H19N3O2S2/c1-4-11(3)18-16(21)12-8-23-14(19-12)9-24-17-20-15-10(2)6-5-7-13(15)22-17/h5-8,11H,4,9H2,1-3H3,(H,18,21)/t11-/m1/s1. The van der Waals surface area contributed by atoms with Crippen LogP contribution >= 0.6 is 23.1 Å². The number of carbonyl (C=O) groups excluding carboxylic acids is 1. The number of thiazole rings is 1. The fourth-order valence-electron chi connectivity index (χ4n) is 2.13. The van der Waals surface area contributed by atoms with Gasteiger partial charge in [0.15, 0.2) is 5.58 Å². The molecule has 1 N–H and O–H groups in total. The number of thioether (sulfide) groups is 1. The van der Waals surface area contributed by atoms with Crippen LogP contribution in [0.5, 0.6) is 0 Å². The summed E-state index contributed by atoms with van der Waals surface area (Å²) in [4.78, 5) is 21.0. The van der Waals surface area contributed by atoms with E-state index >= 15 is 0 Å². The maximum absolute atomic E-state index is 12.1. The highest BCUT2D eigenvalue weighted by Gasteiger charge is 2.14. The van der Waals surface area contributed by atoms with Gasteiger partial charge in [0, 0.05) is 11.4 Å². The van der Waals surface area contributed by atoms with Crippen LogP contribution in [0.2, 0.25) is 0 Å². The van der Waals surface area contributed by atoms with Gasteiger partial charge in [0.1, 0.15) is 16.2 Å². The van der Waals surface area contributed by atoms with Crippen molar-refractivity contribution in [2.24, 2.45) is 0 Å². The monoisotopic (exact) mass is 361 g/mol. The molecule has 0 saturated carbocycles. The maximum atomic E-state index is 12.1. The van der Waals surface area contributed by atoms with Crippen LogP contribution in [-0.4, -0.2) is 21.9 Å². The lowest BCUT2D eigenvalue weighted by molar-refractivity contribution is 0.0935. The minimum absolute atomic E-state index is 0.116. The van der Waals surface area contributed by atoms with Gasteiger partial charge in [-0.2, -0.15) is 0 Å². The third-order valence-electron chi connectivity index (χ3n) is 3.69. The van der Waals surface area contributed by atoms with Crippen LogP contribution in [0.1, 0.15) is 41.3 Å². The zero-order chi connectivity index (χ0) is 17.1. The van der Waals surface area contributed by atoms with Gasteiger partial charge >= 0.3 is 0 Å². The summed E-state index contributed by atoms with van der Waals surface area (Å²) in [5.74, 6) is 0.516. The molecular formula is C17H19N3O2S2. The molecule has 126 valence electrons. The largest absolute Gasteiger partial charge is 0.431 e. The number of nitrogens with one attached hydrogen (secondary N) is 1. The van der Waals surface area contributed by atoms with Crippen molar-refractivity contribution in [1.29, 1.82) is 0 Å². The quantitative estimate of drug-likeness (QED) is 0.659. The summed E-state index contributed by atoms with van der Waals surface area (Å²) in [7, 11) is 0. The van der Waals surface area contributed by atoms with E-state index in [1.165, 1.54) is 23.1 Å². The number of carbonyl (C=O) groups is 1. The first kappa shape index (κ1) is 17.0. The molecule has 2 heterocycles. The molecule has 0 saturated heterocycles. The third-order valence-corrected chi connectivity index (χ3v) is 5.57. The van der Waals surface area contributed by atoms with E-state index in [4.69, 9.17) is 4.42 Å². The van der Waals surface area contributed by atoms with Crippen molar-refractivity contribution in [3.8, 4) is 0 Å². The van der Waals surface area contributed by atoms with Gasteiger partial charge in [0.2, 0.25) is 0 Å². The maximum Gasteiger partial charge on any atom is 0.270 e. The molecule has 0 unspecified atom stereocenters. The summed E-state index contributed by atoms with van der Waals surface area (Å²) in [6, 6.07) is 6.04. The number of hydrogen-bond acceptors (Lipinski definition) is 6. The van der Waals surface area contributed by atoms with Crippen LogP contribution in [0.4, 0.5) is 0 Å². The number of benzene rings is 1. The second-order valence-electron chi connectivity index (χ2n) is 5.60. The van der Waals surface area contributed by atoms with Gasteiger partial charge in [-0.05, 0) is 31.9 Å². The Morgan fingerprint density at radius 1 is 1.42 bits per heavy atom. The van der Waals surface area contributed by atoms with E-state index in [1.807, 2.05) is 39.0 Å². The lowest BCUT2D eigenvalue weighted by Crippen LogP contribution is -2.32. The molecule has 0 aliphatic rings. The highest BCUT2D eigenvalue weighted by Crippen LogP contribution is 2.28. The van der Waals surface area contributed by atoms with Crippen molar-refractivity contribution >= 4 is 40.1 Å². The Labute approximate surface area is 148 Å². The molecule has 0 aliphatic carbocycles. The summed E-state index contributed by atoms with van der Waals surface area (Å²) >= 11 is 2.97. The summed E-state index contributed by atoms with van der Waals surface area (Å²) in [5.41, 5.74) is 3.27. The van der Waals surface area contributed by atoms with Gasteiger partial charge in [-0.3, -0.25) is 4.79 Å². The first-order valence-electron chi connectivity index (χ1n) is 7.81. The van der Waals surface area contributed by atoms with Crippen LogP contribution < -0.4 is 5.32 Å². The van der Waals surface area contributed by atoms with Crippen molar-refractivity contribution in [1.82, 2.24) is 15.3 Å². The molecule has 1 amide bonds. The molecule has 1 aromatic carbocycles. The zero-order valence-electron chi connectivity index (χ0n) is 13.8. The Morgan fingerprint density at radius 2 is 2.25 bits per heavy atom. The van der Waals surface area contributed by atoms with Crippen molar-refractivity contribution in [2.45, 2.75) is 44.2 Å². The predicted octanol–water partition coefficient (Wildman–Crippen LogP) is 4.41. The molecule has 0 aliphatic heterocycles. The summed E-state index contributed by atoms with van der Waals surface area (Å²) < 4.78 is 5.74. The lowest BCUT2D eigenvalue weighted by atomic mass is 10.2. The average Bonchev–Trinajstić information content (AvgIpc) is 3.20. The van der Waals surface area contributed by atoms with Crippen LogP contribution in [-0.2, 0) is 5.75 Å². The van der Waals surface area contributed by atoms with Gasteiger partial charge in [0.05, 0.1) is 5.75 Å². The Bertz CT molecular complexity index is 857. The molecule has 0 radical (unpaired) electrons. The number of nitrogens with zero attached hydrogens (tertiary/aromatic N) is 2. The van der Waals surface area contributed by atoms with Crippen LogP contribution in [0, 0.1) is 6.92 Å². The van der Waals surface area contributed by atoms with Crippen molar-refractivity contribution < 1.29 is 9.21 Å². The highest BCUT2D eigenvalue weighted by molar-refractivity contribution is 7.98. The lowest BCUT2D eigenvalue weighted by Gasteiger charge is -2.09. The minimum atomic E-state index is -0.116. The second-order valence-corrected chi connectivity index (χ2v) is 7.47. The Hall–Kier alpha value is -1.86. The average molecular weight is 361 g/mol. The molecule has 3 aromatic rings. The van der Waals surface area contributed by atoms with Crippen LogP contribution in [0.15, 0.2) is 33.2 Å². The molecule has 7 heteroatoms.